The van der Waals surface area contributed by atoms with Gasteiger partial charge in [-0.1, -0.05) is 41.1 Å². The number of likely N-dealkylation sites (N-methyl/N-ethyl adjacent to an activating group) is 1. The van der Waals surface area contributed by atoms with E-state index >= 15 is 0 Å². The number of benzene rings is 2. The summed E-state index contributed by atoms with van der Waals surface area (Å²) < 4.78 is 20.3. The van der Waals surface area contributed by atoms with Crippen molar-refractivity contribution in [3.05, 3.63) is 63.9 Å². The maximum Gasteiger partial charge on any atom is 0.131 e. The number of hydrogen-bond donors (Lipinski definition) is 1. The first kappa shape index (κ1) is 16.0. The lowest BCUT2D eigenvalue weighted by Gasteiger charge is -2.19. The second kappa shape index (κ2) is 7.57. The van der Waals surface area contributed by atoms with E-state index in [2.05, 4.69) is 33.4 Å². The van der Waals surface area contributed by atoms with Crippen LogP contribution in [0.25, 0.3) is 0 Å². The van der Waals surface area contributed by atoms with Crippen molar-refractivity contribution in [2.24, 2.45) is 0 Å². The summed E-state index contributed by atoms with van der Waals surface area (Å²) in [6, 6.07) is 13.1. The molecule has 0 bridgehead atoms. The van der Waals surface area contributed by atoms with Gasteiger partial charge in [0.05, 0.1) is 7.11 Å². The molecule has 112 valence electrons. The van der Waals surface area contributed by atoms with Gasteiger partial charge in [0.25, 0.3) is 0 Å². The van der Waals surface area contributed by atoms with Gasteiger partial charge < -0.3 is 10.1 Å². The van der Waals surface area contributed by atoms with Gasteiger partial charge in [0.2, 0.25) is 0 Å². The van der Waals surface area contributed by atoms with Crippen molar-refractivity contribution < 1.29 is 9.13 Å². The van der Waals surface area contributed by atoms with Crippen LogP contribution in [0.2, 0.25) is 0 Å². The summed E-state index contributed by atoms with van der Waals surface area (Å²) >= 11 is 3.43. The van der Waals surface area contributed by atoms with Crippen molar-refractivity contribution in [1.82, 2.24) is 5.32 Å². The van der Waals surface area contributed by atoms with Crippen molar-refractivity contribution >= 4 is 15.9 Å². The van der Waals surface area contributed by atoms with Gasteiger partial charge >= 0.3 is 0 Å². The summed E-state index contributed by atoms with van der Waals surface area (Å²) in [5.74, 6) is 0.299. The van der Waals surface area contributed by atoms with Gasteiger partial charge in [0.1, 0.15) is 11.6 Å². The molecule has 4 heteroatoms. The van der Waals surface area contributed by atoms with Crippen LogP contribution in [0, 0.1) is 5.82 Å². The molecule has 0 aliphatic rings. The molecule has 0 aliphatic heterocycles. The Labute approximate surface area is 133 Å². The fourth-order valence-electron chi connectivity index (χ4n) is 2.31. The molecule has 0 spiro atoms. The highest BCUT2D eigenvalue weighted by molar-refractivity contribution is 9.10. The summed E-state index contributed by atoms with van der Waals surface area (Å²) in [4.78, 5) is 0. The molecule has 0 saturated carbocycles. The van der Waals surface area contributed by atoms with E-state index in [1.807, 2.05) is 19.1 Å². The highest BCUT2D eigenvalue weighted by Crippen LogP contribution is 2.25. The smallest absolute Gasteiger partial charge is 0.131 e. The standard InChI is InChI=1S/C17H19BrFNO/c1-3-20-17(10-12-4-6-13(18)7-5-12)15-9-8-14(21-2)11-16(15)19/h4-9,11,17,20H,3,10H2,1-2H3. The predicted molar refractivity (Wildman–Crippen MR) is 87.2 cm³/mol. The second-order valence-electron chi connectivity index (χ2n) is 4.83. The molecule has 2 aromatic carbocycles. The minimum absolute atomic E-state index is 0.0536. The lowest BCUT2D eigenvalue weighted by molar-refractivity contribution is 0.409. The molecule has 21 heavy (non-hydrogen) atoms. The fraction of sp³-hybridized carbons (Fsp3) is 0.294. The van der Waals surface area contributed by atoms with Crippen LogP contribution in [0.5, 0.6) is 5.75 Å². The highest BCUT2D eigenvalue weighted by Gasteiger charge is 2.16. The fourth-order valence-corrected chi connectivity index (χ4v) is 2.58. The zero-order valence-corrected chi connectivity index (χ0v) is 13.8. The molecule has 0 amide bonds. The molecule has 0 aliphatic carbocycles. The third kappa shape index (κ3) is 4.29. The van der Waals surface area contributed by atoms with Crippen LogP contribution in [0.15, 0.2) is 46.9 Å². The maximum atomic E-state index is 14.2. The Hall–Kier alpha value is -1.39. The average molecular weight is 352 g/mol. The van der Waals surface area contributed by atoms with E-state index in [0.29, 0.717) is 11.3 Å². The first-order valence-corrected chi connectivity index (χ1v) is 7.74. The van der Waals surface area contributed by atoms with Gasteiger partial charge in [0.15, 0.2) is 0 Å². The topological polar surface area (TPSA) is 21.3 Å². The Morgan fingerprint density at radius 3 is 2.48 bits per heavy atom. The maximum absolute atomic E-state index is 14.2. The van der Waals surface area contributed by atoms with E-state index in [0.717, 1.165) is 17.4 Å². The third-order valence-corrected chi connectivity index (χ3v) is 3.92. The highest BCUT2D eigenvalue weighted by atomic mass is 79.9. The second-order valence-corrected chi connectivity index (χ2v) is 5.74. The Morgan fingerprint density at radius 1 is 1.19 bits per heavy atom. The van der Waals surface area contributed by atoms with Crippen molar-refractivity contribution in [2.45, 2.75) is 19.4 Å². The van der Waals surface area contributed by atoms with Gasteiger partial charge in [0, 0.05) is 22.1 Å². The summed E-state index contributed by atoms with van der Waals surface area (Å²) in [6.07, 6.45) is 0.740. The Bertz CT molecular complexity index is 586. The van der Waals surface area contributed by atoms with Crippen LogP contribution in [0.4, 0.5) is 4.39 Å². The Morgan fingerprint density at radius 2 is 1.90 bits per heavy atom. The molecule has 2 aromatic rings. The minimum atomic E-state index is -0.239. The molecule has 0 heterocycles. The molecule has 2 nitrogen and oxygen atoms in total. The Balaban J connectivity index is 2.24. The first-order chi connectivity index (χ1) is 10.1. The monoisotopic (exact) mass is 351 g/mol. The zero-order chi connectivity index (χ0) is 15.2. The average Bonchev–Trinajstić information content (AvgIpc) is 2.49. The van der Waals surface area contributed by atoms with Gasteiger partial charge in [-0.2, -0.15) is 0 Å². The first-order valence-electron chi connectivity index (χ1n) is 6.95. The molecule has 0 fully saturated rings. The molecule has 1 N–H and O–H groups in total. The lowest BCUT2D eigenvalue weighted by atomic mass is 9.98. The van der Waals surface area contributed by atoms with E-state index < -0.39 is 0 Å². The largest absolute Gasteiger partial charge is 0.497 e. The number of rotatable bonds is 6. The van der Waals surface area contributed by atoms with Crippen molar-refractivity contribution in [3.63, 3.8) is 0 Å². The lowest BCUT2D eigenvalue weighted by Crippen LogP contribution is -2.24. The molecule has 1 unspecified atom stereocenters. The van der Waals surface area contributed by atoms with Crippen LogP contribution < -0.4 is 10.1 Å². The molecule has 0 radical (unpaired) electrons. The van der Waals surface area contributed by atoms with Gasteiger partial charge in [-0.15, -0.1) is 0 Å². The normalized spacial score (nSPS) is 12.2. The van der Waals surface area contributed by atoms with Gasteiger partial charge in [-0.3, -0.25) is 0 Å². The minimum Gasteiger partial charge on any atom is -0.497 e. The molecule has 0 saturated heterocycles. The van der Waals surface area contributed by atoms with Crippen LogP contribution in [0.1, 0.15) is 24.1 Å². The molecular formula is C17H19BrFNO. The van der Waals surface area contributed by atoms with Gasteiger partial charge in [-0.25, -0.2) is 4.39 Å². The van der Waals surface area contributed by atoms with Crippen molar-refractivity contribution in [2.75, 3.05) is 13.7 Å². The van der Waals surface area contributed by atoms with Crippen LogP contribution in [-0.2, 0) is 6.42 Å². The summed E-state index contributed by atoms with van der Waals surface area (Å²) in [6.45, 7) is 2.81. The van der Waals surface area contributed by atoms with E-state index in [1.54, 1.807) is 12.1 Å². The summed E-state index contributed by atoms with van der Waals surface area (Å²) in [5.41, 5.74) is 1.83. The SMILES string of the molecule is CCNC(Cc1ccc(Br)cc1)c1ccc(OC)cc1F. The van der Waals surface area contributed by atoms with Crippen molar-refractivity contribution in [3.8, 4) is 5.75 Å². The predicted octanol–water partition coefficient (Wildman–Crippen LogP) is 4.49. The van der Waals surface area contributed by atoms with Crippen molar-refractivity contribution in [1.29, 1.82) is 0 Å². The number of methoxy groups -OCH3 is 1. The van der Waals surface area contributed by atoms with E-state index in [-0.39, 0.29) is 11.9 Å². The third-order valence-electron chi connectivity index (χ3n) is 3.39. The number of halogens is 2. The zero-order valence-electron chi connectivity index (χ0n) is 12.2. The number of ether oxygens (including phenoxy) is 1. The van der Waals surface area contributed by atoms with E-state index in [4.69, 9.17) is 4.74 Å². The molecule has 2 rings (SSSR count). The summed E-state index contributed by atoms with van der Waals surface area (Å²) in [5, 5.41) is 3.35. The van der Waals surface area contributed by atoms with Gasteiger partial charge in [-0.05, 0) is 36.7 Å². The number of nitrogens with one attached hydrogen (secondary N) is 1. The summed E-state index contributed by atoms with van der Waals surface area (Å²) in [7, 11) is 1.54. The van der Waals surface area contributed by atoms with E-state index in [1.165, 1.54) is 18.7 Å². The van der Waals surface area contributed by atoms with E-state index in [9.17, 15) is 4.39 Å². The quantitative estimate of drug-likeness (QED) is 0.827. The molecule has 0 aromatic heterocycles. The van der Waals surface area contributed by atoms with Crippen LogP contribution >= 0.6 is 15.9 Å². The van der Waals surface area contributed by atoms with Crippen LogP contribution in [-0.4, -0.2) is 13.7 Å². The molecule has 1 atom stereocenters. The molecular weight excluding hydrogens is 333 g/mol. The Kier molecular flexibility index (Phi) is 5.76. The van der Waals surface area contributed by atoms with Crippen LogP contribution in [0.3, 0.4) is 0 Å². The number of hydrogen-bond acceptors (Lipinski definition) is 2.